The molecule has 0 amide bonds. The van der Waals surface area contributed by atoms with Gasteiger partial charge in [0.05, 0.1) is 11.5 Å². The maximum Gasteiger partial charge on any atom is 0.311 e. The number of thiol groups is 1. The minimum absolute atomic E-state index is 0.0572. The van der Waals surface area contributed by atoms with Gasteiger partial charge in [-0.05, 0) is 31.1 Å². The van der Waals surface area contributed by atoms with Crippen LogP contribution in [0.25, 0.3) is 0 Å². The van der Waals surface area contributed by atoms with Gasteiger partial charge in [-0.15, -0.1) is 0 Å². The number of nitro groups is 1. The van der Waals surface area contributed by atoms with E-state index in [1.807, 2.05) is 13.0 Å². The monoisotopic (exact) mass is 311 g/mol. The molecule has 118 valence electrons. The number of benzene rings is 1. The molecule has 0 bridgehead atoms. The highest BCUT2D eigenvalue weighted by Crippen LogP contribution is 2.30. The molecular weight excluding hydrogens is 286 g/mol. The molecule has 5 heteroatoms. The van der Waals surface area contributed by atoms with Crippen molar-refractivity contribution in [2.75, 3.05) is 12.4 Å². The lowest BCUT2D eigenvalue weighted by molar-refractivity contribution is -0.385. The summed E-state index contributed by atoms with van der Waals surface area (Å²) in [6, 6.07) is 5.01. The van der Waals surface area contributed by atoms with E-state index in [2.05, 4.69) is 12.6 Å². The minimum Gasteiger partial charge on any atom is -0.487 e. The highest BCUT2D eigenvalue weighted by atomic mass is 32.1. The van der Waals surface area contributed by atoms with Gasteiger partial charge in [-0.3, -0.25) is 10.1 Å². The molecule has 0 aromatic heterocycles. The number of aryl methyl sites for hydroxylation is 1. The third-order valence-corrected chi connectivity index (χ3v) is 3.75. The molecule has 21 heavy (non-hydrogen) atoms. The summed E-state index contributed by atoms with van der Waals surface area (Å²) in [5.41, 5.74) is 0.873. The van der Waals surface area contributed by atoms with Gasteiger partial charge in [0, 0.05) is 6.07 Å². The normalized spacial score (nSPS) is 10.6. The maximum atomic E-state index is 11.0. The van der Waals surface area contributed by atoms with Gasteiger partial charge in [-0.1, -0.05) is 44.2 Å². The van der Waals surface area contributed by atoms with E-state index in [4.69, 9.17) is 4.74 Å². The summed E-state index contributed by atoms with van der Waals surface area (Å²) < 4.78 is 5.62. The van der Waals surface area contributed by atoms with Gasteiger partial charge in [0.2, 0.25) is 0 Å². The highest BCUT2D eigenvalue weighted by molar-refractivity contribution is 7.80. The summed E-state index contributed by atoms with van der Waals surface area (Å²) in [6.07, 6.45) is 8.23. The molecule has 0 aliphatic heterocycles. The fourth-order valence-corrected chi connectivity index (χ4v) is 2.46. The molecule has 1 aromatic rings. The van der Waals surface area contributed by atoms with E-state index in [9.17, 15) is 10.1 Å². The molecule has 1 aromatic carbocycles. The second kappa shape index (κ2) is 10.5. The second-order valence-corrected chi connectivity index (χ2v) is 5.67. The standard InChI is InChI=1S/C16H25NO3S/c1-14-10-9-11-15(17(18)19)16(14)20-12-7-5-3-2-4-6-8-13-21/h9-11,21H,2-8,12-13H2,1H3. The lowest BCUT2D eigenvalue weighted by Gasteiger charge is -2.09. The predicted molar refractivity (Wildman–Crippen MR) is 89.5 cm³/mol. The topological polar surface area (TPSA) is 52.4 Å². The van der Waals surface area contributed by atoms with Crippen molar-refractivity contribution in [3.8, 4) is 5.75 Å². The highest BCUT2D eigenvalue weighted by Gasteiger charge is 2.16. The van der Waals surface area contributed by atoms with Crippen molar-refractivity contribution in [2.45, 2.75) is 51.9 Å². The van der Waals surface area contributed by atoms with Crippen LogP contribution in [0.1, 0.15) is 50.5 Å². The Labute approximate surface area is 132 Å². The first kappa shape index (κ1) is 17.8. The van der Waals surface area contributed by atoms with E-state index in [-0.39, 0.29) is 10.6 Å². The predicted octanol–water partition coefficient (Wildman–Crippen LogP) is 4.94. The van der Waals surface area contributed by atoms with Gasteiger partial charge in [-0.25, -0.2) is 0 Å². The lowest BCUT2D eigenvalue weighted by atomic mass is 10.1. The van der Waals surface area contributed by atoms with Crippen molar-refractivity contribution in [3.05, 3.63) is 33.9 Å². The van der Waals surface area contributed by atoms with Crippen LogP contribution in [0.5, 0.6) is 5.75 Å². The molecule has 4 nitrogen and oxygen atoms in total. The van der Waals surface area contributed by atoms with Gasteiger partial charge in [0.25, 0.3) is 0 Å². The van der Waals surface area contributed by atoms with Gasteiger partial charge in [0.1, 0.15) is 0 Å². The zero-order valence-corrected chi connectivity index (χ0v) is 13.6. The summed E-state index contributed by atoms with van der Waals surface area (Å²) >= 11 is 4.19. The zero-order valence-electron chi connectivity index (χ0n) is 12.7. The Morgan fingerprint density at radius 3 is 2.33 bits per heavy atom. The Bertz CT molecular complexity index is 438. The Morgan fingerprint density at radius 2 is 1.71 bits per heavy atom. The third-order valence-electron chi connectivity index (χ3n) is 3.44. The van der Waals surface area contributed by atoms with Crippen LogP contribution >= 0.6 is 12.6 Å². The smallest absolute Gasteiger partial charge is 0.311 e. The number of ether oxygens (including phenoxy) is 1. The number of hydrogen-bond donors (Lipinski definition) is 1. The molecule has 0 aliphatic rings. The van der Waals surface area contributed by atoms with Gasteiger partial charge < -0.3 is 4.74 Å². The van der Waals surface area contributed by atoms with Crippen molar-refractivity contribution < 1.29 is 9.66 Å². The number of rotatable bonds is 11. The molecule has 0 fully saturated rings. The van der Waals surface area contributed by atoms with Crippen LogP contribution in [0.15, 0.2) is 18.2 Å². The molecule has 0 heterocycles. The summed E-state index contributed by atoms with van der Waals surface area (Å²) in [5.74, 6) is 1.39. The molecule has 0 unspecified atom stereocenters. The van der Waals surface area contributed by atoms with E-state index in [1.54, 1.807) is 6.07 Å². The number of nitrogens with zero attached hydrogens (tertiary/aromatic N) is 1. The van der Waals surface area contributed by atoms with E-state index in [0.29, 0.717) is 12.4 Å². The van der Waals surface area contributed by atoms with E-state index in [1.165, 1.54) is 38.2 Å². The molecule has 0 spiro atoms. The maximum absolute atomic E-state index is 11.0. The molecule has 1 rings (SSSR count). The molecular formula is C16H25NO3S. The van der Waals surface area contributed by atoms with Crippen molar-refractivity contribution >= 4 is 18.3 Å². The zero-order chi connectivity index (χ0) is 15.5. The molecule has 0 radical (unpaired) electrons. The van der Waals surface area contributed by atoms with Crippen LogP contribution in [0, 0.1) is 17.0 Å². The summed E-state index contributed by atoms with van der Waals surface area (Å²) in [5, 5.41) is 11.0. The molecule has 0 aliphatic carbocycles. The number of para-hydroxylation sites is 1. The number of hydrogen-bond acceptors (Lipinski definition) is 4. The van der Waals surface area contributed by atoms with Crippen molar-refractivity contribution in [2.24, 2.45) is 0 Å². The largest absolute Gasteiger partial charge is 0.487 e. The Balaban J connectivity index is 2.23. The van der Waals surface area contributed by atoms with Crippen molar-refractivity contribution in [1.29, 1.82) is 0 Å². The van der Waals surface area contributed by atoms with E-state index in [0.717, 1.165) is 24.2 Å². The first-order valence-corrected chi connectivity index (χ1v) is 8.27. The van der Waals surface area contributed by atoms with E-state index < -0.39 is 0 Å². The molecule has 0 saturated heterocycles. The summed E-state index contributed by atoms with van der Waals surface area (Å²) in [6.45, 7) is 2.38. The van der Waals surface area contributed by atoms with Crippen LogP contribution in [0.3, 0.4) is 0 Å². The van der Waals surface area contributed by atoms with Crippen molar-refractivity contribution in [1.82, 2.24) is 0 Å². The Hall–Kier alpha value is -1.23. The molecule has 0 saturated carbocycles. The second-order valence-electron chi connectivity index (χ2n) is 5.23. The van der Waals surface area contributed by atoms with Crippen LogP contribution in [0.4, 0.5) is 5.69 Å². The average molecular weight is 311 g/mol. The summed E-state index contributed by atoms with van der Waals surface area (Å²) in [7, 11) is 0. The SMILES string of the molecule is Cc1cccc([N+](=O)[O-])c1OCCCCCCCCCS. The number of nitro benzene ring substituents is 1. The molecule has 0 N–H and O–H groups in total. The van der Waals surface area contributed by atoms with Gasteiger partial charge in [-0.2, -0.15) is 12.6 Å². The van der Waals surface area contributed by atoms with Crippen molar-refractivity contribution in [3.63, 3.8) is 0 Å². The first-order chi connectivity index (χ1) is 10.2. The van der Waals surface area contributed by atoms with Gasteiger partial charge in [0.15, 0.2) is 5.75 Å². The Kier molecular flexibility index (Phi) is 8.90. The fourth-order valence-electron chi connectivity index (χ4n) is 2.24. The van der Waals surface area contributed by atoms with Crippen LogP contribution in [-0.4, -0.2) is 17.3 Å². The van der Waals surface area contributed by atoms with Crippen LogP contribution < -0.4 is 4.74 Å². The Morgan fingerprint density at radius 1 is 1.10 bits per heavy atom. The number of unbranched alkanes of at least 4 members (excludes halogenated alkanes) is 6. The first-order valence-electron chi connectivity index (χ1n) is 7.64. The van der Waals surface area contributed by atoms with E-state index >= 15 is 0 Å². The lowest BCUT2D eigenvalue weighted by Crippen LogP contribution is -2.02. The average Bonchev–Trinajstić information content (AvgIpc) is 2.46. The van der Waals surface area contributed by atoms with Gasteiger partial charge >= 0.3 is 5.69 Å². The quantitative estimate of drug-likeness (QED) is 0.272. The minimum atomic E-state index is -0.385. The van der Waals surface area contributed by atoms with Crippen LogP contribution in [-0.2, 0) is 0 Å². The third kappa shape index (κ3) is 6.85. The summed E-state index contributed by atoms with van der Waals surface area (Å²) in [4.78, 5) is 10.6. The molecule has 0 atom stereocenters. The fraction of sp³-hybridized carbons (Fsp3) is 0.625. The van der Waals surface area contributed by atoms with Crippen LogP contribution in [0.2, 0.25) is 0 Å².